The molecule has 1 N–H and O–H groups in total. The molecule has 2 rings (SSSR count). The first-order chi connectivity index (χ1) is 11.2. The van der Waals surface area contributed by atoms with E-state index in [2.05, 4.69) is 5.32 Å². The molecular weight excluding hydrogens is 336 g/mol. The number of hydrogen-bond acceptors (Lipinski definition) is 3. The van der Waals surface area contributed by atoms with E-state index in [0.717, 1.165) is 6.07 Å². The van der Waals surface area contributed by atoms with E-state index in [9.17, 15) is 22.0 Å². The molecule has 1 amide bonds. The second-order valence-electron chi connectivity index (χ2n) is 5.50. The lowest BCUT2D eigenvalue weighted by Gasteiger charge is -2.14. The molecule has 0 fully saturated rings. The van der Waals surface area contributed by atoms with Gasteiger partial charge in [-0.3, -0.25) is 4.79 Å². The van der Waals surface area contributed by atoms with E-state index >= 15 is 0 Å². The number of sulfone groups is 1. The van der Waals surface area contributed by atoms with E-state index in [4.69, 9.17) is 0 Å². The van der Waals surface area contributed by atoms with Crippen molar-refractivity contribution in [1.82, 2.24) is 5.32 Å². The van der Waals surface area contributed by atoms with Crippen LogP contribution in [0.3, 0.4) is 0 Å². The van der Waals surface area contributed by atoms with Crippen LogP contribution in [-0.4, -0.2) is 20.1 Å². The molecule has 0 heterocycles. The number of carbonyl (C=O) groups excluding carboxylic acids is 1. The van der Waals surface area contributed by atoms with Crippen LogP contribution in [0, 0.1) is 11.6 Å². The fourth-order valence-electron chi connectivity index (χ4n) is 2.25. The van der Waals surface area contributed by atoms with Gasteiger partial charge in [0.05, 0.1) is 11.8 Å². The second-order valence-corrected chi connectivity index (χ2v) is 7.57. The van der Waals surface area contributed by atoms with Crippen molar-refractivity contribution in [1.29, 1.82) is 0 Å². The van der Waals surface area contributed by atoms with Gasteiger partial charge in [0.15, 0.2) is 9.84 Å². The molecule has 7 heteroatoms. The normalized spacial score (nSPS) is 12.6. The van der Waals surface area contributed by atoms with Crippen LogP contribution in [0.25, 0.3) is 0 Å². The molecule has 0 radical (unpaired) electrons. The molecule has 0 saturated carbocycles. The highest BCUT2D eigenvalue weighted by Gasteiger charge is 2.19. The minimum Gasteiger partial charge on any atom is -0.349 e. The van der Waals surface area contributed by atoms with Gasteiger partial charge in [-0.1, -0.05) is 24.3 Å². The van der Waals surface area contributed by atoms with Crippen molar-refractivity contribution in [3.8, 4) is 0 Å². The molecular formula is C17H17F2NO3S. The summed E-state index contributed by atoms with van der Waals surface area (Å²) in [6.45, 7) is 1.67. The fraction of sp³-hybridized carbons (Fsp3) is 0.235. The van der Waals surface area contributed by atoms with Gasteiger partial charge < -0.3 is 5.32 Å². The summed E-state index contributed by atoms with van der Waals surface area (Å²) in [4.78, 5) is 11.9. The van der Waals surface area contributed by atoms with Crippen molar-refractivity contribution in [2.45, 2.75) is 18.7 Å². The molecule has 128 valence electrons. The number of amides is 1. The Hall–Kier alpha value is -2.28. The van der Waals surface area contributed by atoms with Crippen LogP contribution in [0.5, 0.6) is 0 Å². The summed E-state index contributed by atoms with van der Waals surface area (Å²) in [5, 5.41) is 2.55. The van der Waals surface area contributed by atoms with Gasteiger partial charge in [-0.05, 0) is 42.3 Å². The predicted octanol–water partition coefficient (Wildman–Crippen LogP) is 2.76. The van der Waals surface area contributed by atoms with Crippen LogP contribution in [0.2, 0.25) is 0 Å². The van der Waals surface area contributed by atoms with E-state index in [0.29, 0.717) is 5.56 Å². The van der Waals surface area contributed by atoms with Gasteiger partial charge in [0.2, 0.25) is 5.91 Å². The van der Waals surface area contributed by atoms with Crippen molar-refractivity contribution in [3.05, 3.63) is 71.3 Å². The summed E-state index contributed by atoms with van der Waals surface area (Å²) in [5.74, 6) is -2.70. The number of nitrogens with one attached hydrogen (secondary N) is 1. The van der Waals surface area contributed by atoms with Gasteiger partial charge in [0, 0.05) is 0 Å². The van der Waals surface area contributed by atoms with Crippen LogP contribution in [0.4, 0.5) is 8.78 Å². The smallest absolute Gasteiger partial charge is 0.235 e. The largest absolute Gasteiger partial charge is 0.349 e. The molecule has 1 atom stereocenters. The quantitative estimate of drug-likeness (QED) is 0.869. The lowest BCUT2D eigenvalue weighted by molar-refractivity contribution is -0.119. The number of rotatable bonds is 6. The zero-order valence-corrected chi connectivity index (χ0v) is 13.8. The average molecular weight is 353 g/mol. The maximum atomic E-state index is 13.1. The zero-order valence-electron chi connectivity index (χ0n) is 13.0. The lowest BCUT2D eigenvalue weighted by Crippen LogP contribution is -2.32. The molecule has 24 heavy (non-hydrogen) atoms. The van der Waals surface area contributed by atoms with Gasteiger partial charge in [-0.15, -0.1) is 0 Å². The Morgan fingerprint density at radius 1 is 1.08 bits per heavy atom. The SMILES string of the molecule is CC(NC(=O)CS(=O)(=O)Cc1cccc(F)c1)c1ccc(F)cc1. The summed E-state index contributed by atoms with van der Waals surface area (Å²) >= 11 is 0. The van der Waals surface area contributed by atoms with Crippen molar-refractivity contribution in [2.75, 3.05) is 5.75 Å². The molecule has 0 bridgehead atoms. The first-order valence-corrected chi connectivity index (χ1v) is 9.07. The van der Waals surface area contributed by atoms with Gasteiger partial charge in [0.25, 0.3) is 0 Å². The number of halogens is 2. The monoisotopic (exact) mass is 353 g/mol. The third-order valence-electron chi connectivity index (χ3n) is 3.37. The van der Waals surface area contributed by atoms with Crippen LogP contribution >= 0.6 is 0 Å². The van der Waals surface area contributed by atoms with Crippen molar-refractivity contribution in [3.63, 3.8) is 0 Å². The predicted molar refractivity (Wildman–Crippen MR) is 86.8 cm³/mol. The molecule has 0 aliphatic rings. The number of hydrogen-bond donors (Lipinski definition) is 1. The van der Waals surface area contributed by atoms with E-state index in [1.165, 1.54) is 42.5 Å². The molecule has 0 aromatic heterocycles. The molecule has 2 aromatic carbocycles. The fourth-order valence-corrected chi connectivity index (χ4v) is 3.52. The van der Waals surface area contributed by atoms with Crippen LogP contribution in [0.1, 0.15) is 24.1 Å². The Morgan fingerprint density at radius 2 is 1.75 bits per heavy atom. The number of benzene rings is 2. The Kier molecular flexibility index (Phi) is 5.66. The summed E-state index contributed by atoms with van der Waals surface area (Å²) < 4.78 is 50.1. The van der Waals surface area contributed by atoms with Crippen LogP contribution in [0.15, 0.2) is 48.5 Å². The molecule has 0 aliphatic carbocycles. The molecule has 4 nitrogen and oxygen atoms in total. The first kappa shape index (κ1) is 18.1. The van der Waals surface area contributed by atoms with E-state index in [-0.39, 0.29) is 5.56 Å². The maximum absolute atomic E-state index is 13.1. The van der Waals surface area contributed by atoms with Gasteiger partial charge in [-0.25, -0.2) is 17.2 Å². The Labute approximate surface area is 139 Å². The topological polar surface area (TPSA) is 63.2 Å². The molecule has 0 aliphatic heterocycles. The van der Waals surface area contributed by atoms with Gasteiger partial charge in [-0.2, -0.15) is 0 Å². The number of carbonyl (C=O) groups is 1. The van der Waals surface area contributed by atoms with Crippen LogP contribution < -0.4 is 5.32 Å². The standard InChI is InChI=1S/C17H17F2NO3S/c1-12(14-5-7-15(18)8-6-14)20-17(21)11-24(22,23)10-13-3-2-4-16(19)9-13/h2-9,12H,10-11H2,1H3,(H,20,21). The highest BCUT2D eigenvalue weighted by molar-refractivity contribution is 7.91. The zero-order chi connectivity index (χ0) is 17.7. The van der Waals surface area contributed by atoms with Crippen molar-refractivity contribution >= 4 is 15.7 Å². The first-order valence-electron chi connectivity index (χ1n) is 7.25. The van der Waals surface area contributed by atoms with Crippen LogP contribution in [-0.2, 0) is 20.4 Å². The molecule has 0 spiro atoms. The molecule has 1 unspecified atom stereocenters. The van der Waals surface area contributed by atoms with Crippen molar-refractivity contribution in [2.24, 2.45) is 0 Å². The average Bonchev–Trinajstić information content (AvgIpc) is 2.46. The summed E-state index contributed by atoms with van der Waals surface area (Å²) in [6.07, 6.45) is 0. The van der Waals surface area contributed by atoms with Gasteiger partial charge in [0.1, 0.15) is 17.4 Å². The van der Waals surface area contributed by atoms with E-state index in [1.54, 1.807) is 6.92 Å². The Balaban J connectivity index is 1.96. The third-order valence-corrected chi connectivity index (χ3v) is 4.85. The third kappa shape index (κ3) is 5.42. The van der Waals surface area contributed by atoms with E-state index in [1.807, 2.05) is 0 Å². The summed E-state index contributed by atoms with van der Waals surface area (Å²) in [5.41, 5.74) is 0.946. The van der Waals surface area contributed by atoms with Gasteiger partial charge >= 0.3 is 0 Å². The minimum atomic E-state index is -3.72. The van der Waals surface area contributed by atoms with E-state index < -0.39 is 44.9 Å². The van der Waals surface area contributed by atoms with Crippen molar-refractivity contribution < 1.29 is 22.0 Å². The molecule has 0 saturated heterocycles. The minimum absolute atomic E-state index is 0.286. The second kappa shape index (κ2) is 7.53. The highest BCUT2D eigenvalue weighted by Crippen LogP contribution is 2.13. The summed E-state index contributed by atoms with van der Waals surface area (Å²) in [7, 11) is -3.72. The Bertz CT molecular complexity index is 820. The molecule has 2 aromatic rings. The maximum Gasteiger partial charge on any atom is 0.235 e. The lowest BCUT2D eigenvalue weighted by atomic mass is 10.1. The highest BCUT2D eigenvalue weighted by atomic mass is 32.2. The Morgan fingerprint density at radius 3 is 2.38 bits per heavy atom. The summed E-state index contributed by atoms with van der Waals surface area (Å²) in [6, 6.07) is 10.3.